The molecule has 0 spiro atoms. The van der Waals surface area contributed by atoms with Crippen LogP contribution in [0.25, 0.3) is 0 Å². The lowest BCUT2D eigenvalue weighted by Crippen LogP contribution is -2.47. The van der Waals surface area contributed by atoms with Crippen molar-refractivity contribution >= 4 is 18.5 Å². The molecule has 0 aromatic heterocycles. The number of carbonyl (C=O) groups excluding carboxylic acids is 1. The van der Waals surface area contributed by atoms with Gasteiger partial charge in [0.1, 0.15) is 0 Å². The van der Waals surface area contributed by atoms with Gasteiger partial charge in [-0.15, -0.1) is 0 Å². The van der Waals surface area contributed by atoms with E-state index in [4.69, 9.17) is 0 Å². The minimum atomic E-state index is 0.00487. The van der Waals surface area contributed by atoms with E-state index in [9.17, 15) is 4.79 Å². The van der Waals surface area contributed by atoms with Gasteiger partial charge in [-0.25, -0.2) is 5.01 Å². The molecule has 1 aliphatic rings. The van der Waals surface area contributed by atoms with Crippen molar-refractivity contribution in [3.63, 3.8) is 0 Å². The fraction of sp³-hybridized carbons (Fsp3) is 0.889. The maximum atomic E-state index is 11.4. The summed E-state index contributed by atoms with van der Waals surface area (Å²) in [6, 6.07) is 0. The van der Waals surface area contributed by atoms with Crippen molar-refractivity contribution in [2.75, 3.05) is 18.8 Å². The van der Waals surface area contributed by atoms with Gasteiger partial charge in [0.2, 0.25) is 5.91 Å². The third-order valence-corrected chi connectivity index (χ3v) is 2.89. The minimum absolute atomic E-state index is 0.00487. The molecule has 1 fully saturated rings. The van der Waals surface area contributed by atoms with E-state index in [2.05, 4.69) is 18.1 Å². The Bertz CT molecular complexity index is 169. The summed E-state index contributed by atoms with van der Waals surface area (Å²) in [7, 11) is 0. The van der Waals surface area contributed by atoms with Gasteiger partial charge >= 0.3 is 0 Å². The highest BCUT2D eigenvalue weighted by atomic mass is 32.1. The molecule has 4 heteroatoms. The van der Waals surface area contributed by atoms with Crippen LogP contribution in [0, 0.1) is 5.92 Å². The highest BCUT2D eigenvalue weighted by Crippen LogP contribution is 2.07. The van der Waals surface area contributed by atoms with Crippen LogP contribution in [0.1, 0.15) is 26.2 Å². The highest BCUT2D eigenvalue weighted by molar-refractivity contribution is 7.80. The van der Waals surface area contributed by atoms with Crippen molar-refractivity contribution < 1.29 is 4.79 Å². The topological polar surface area (TPSA) is 32.3 Å². The van der Waals surface area contributed by atoms with E-state index in [-0.39, 0.29) is 11.8 Å². The third-order valence-electron chi connectivity index (χ3n) is 2.35. The van der Waals surface area contributed by atoms with Gasteiger partial charge in [-0.1, -0.05) is 13.3 Å². The summed E-state index contributed by atoms with van der Waals surface area (Å²) < 4.78 is 0. The number of piperidine rings is 1. The first-order valence-electron chi connectivity index (χ1n) is 4.90. The molecule has 76 valence electrons. The second-order valence-corrected chi connectivity index (χ2v) is 3.97. The first kappa shape index (κ1) is 10.9. The van der Waals surface area contributed by atoms with Crippen LogP contribution in [0.5, 0.6) is 0 Å². The standard InChI is InChI=1S/C9H18N2OS/c1-8(7-13)9(12)10-11-5-3-2-4-6-11/h8,13H,2-7H2,1H3,(H,10,12). The number of nitrogens with one attached hydrogen (secondary N) is 1. The third kappa shape index (κ3) is 3.56. The molecule has 0 aromatic carbocycles. The number of hydrogen-bond acceptors (Lipinski definition) is 3. The summed E-state index contributed by atoms with van der Waals surface area (Å²) in [5.74, 6) is 0.710. The number of nitrogens with zero attached hydrogens (tertiary/aromatic N) is 1. The molecule has 3 nitrogen and oxygen atoms in total. The number of hydrogen-bond donors (Lipinski definition) is 2. The van der Waals surface area contributed by atoms with Gasteiger partial charge < -0.3 is 0 Å². The number of thiol groups is 1. The summed E-state index contributed by atoms with van der Waals surface area (Å²) >= 11 is 4.09. The summed E-state index contributed by atoms with van der Waals surface area (Å²) in [5.41, 5.74) is 2.92. The van der Waals surface area contributed by atoms with Crippen LogP contribution in [-0.2, 0) is 4.79 Å². The molecule has 1 saturated heterocycles. The summed E-state index contributed by atoms with van der Waals surface area (Å²) in [6.45, 7) is 3.88. The van der Waals surface area contributed by atoms with Crippen LogP contribution in [0.4, 0.5) is 0 Å². The highest BCUT2D eigenvalue weighted by Gasteiger charge is 2.16. The molecule has 1 unspecified atom stereocenters. The zero-order chi connectivity index (χ0) is 9.68. The van der Waals surface area contributed by atoms with E-state index in [0.29, 0.717) is 5.75 Å². The Morgan fingerprint density at radius 1 is 1.46 bits per heavy atom. The molecule has 0 aliphatic carbocycles. The van der Waals surface area contributed by atoms with E-state index >= 15 is 0 Å². The molecular formula is C9H18N2OS. The van der Waals surface area contributed by atoms with E-state index in [1.54, 1.807) is 0 Å². The number of amides is 1. The van der Waals surface area contributed by atoms with Crippen LogP contribution < -0.4 is 5.43 Å². The monoisotopic (exact) mass is 202 g/mol. The van der Waals surface area contributed by atoms with E-state index in [0.717, 1.165) is 13.1 Å². The zero-order valence-corrected chi connectivity index (χ0v) is 9.02. The average molecular weight is 202 g/mol. The van der Waals surface area contributed by atoms with E-state index < -0.39 is 0 Å². The van der Waals surface area contributed by atoms with Gasteiger partial charge in [-0.3, -0.25) is 10.2 Å². The van der Waals surface area contributed by atoms with E-state index in [1.807, 2.05) is 11.9 Å². The molecule has 13 heavy (non-hydrogen) atoms. The normalized spacial score (nSPS) is 21.1. The lowest BCUT2D eigenvalue weighted by Gasteiger charge is -2.27. The Balaban J connectivity index is 2.26. The molecule has 1 aliphatic heterocycles. The van der Waals surface area contributed by atoms with Crippen molar-refractivity contribution in [2.45, 2.75) is 26.2 Å². The Morgan fingerprint density at radius 3 is 2.62 bits per heavy atom. The maximum Gasteiger partial charge on any atom is 0.237 e. The average Bonchev–Trinajstić information content (AvgIpc) is 2.18. The lowest BCUT2D eigenvalue weighted by molar-refractivity contribution is -0.129. The summed E-state index contributed by atoms with van der Waals surface area (Å²) in [4.78, 5) is 11.4. The molecule has 1 heterocycles. The first-order valence-corrected chi connectivity index (χ1v) is 5.53. The van der Waals surface area contributed by atoms with Gasteiger partial charge in [0.25, 0.3) is 0 Å². The van der Waals surface area contributed by atoms with Crippen molar-refractivity contribution in [1.29, 1.82) is 0 Å². The largest absolute Gasteiger partial charge is 0.289 e. The molecule has 1 rings (SSSR count). The number of hydrazine groups is 1. The molecular weight excluding hydrogens is 184 g/mol. The first-order chi connectivity index (χ1) is 6.24. The van der Waals surface area contributed by atoms with Crippen LogP contribution in [0.3, 0.4) is 0 Å². The van der Waals surface area contributed by atoms with Crippen LogP contribution in [-0.4, -0.2) is 29.8 Å². The Kier molecular flexibility index (Phi) is 4.59. The smallest absolute Gasteiger partial charge is 0.237 e. The van der Waals surface area contributed by atoms with Crippen LogP contribution in [0.15, 0.2) is 0 Å². The Hall–Kier alpha value is -0.220. The lowest BCUT2D eigenvalue weighted by atomic mass is 10.1. The summed E-state index contributed by atoms with van der Waals surface area (Å²) in [6.07, 6.45) is 3.67. The van der Waals surface area contributed by atoms with Crippen molar-refractivity contribution in [1.82, 2.24) is 10.4 Å². The zero-order valence-electron chi connectivity index (χ0n) is 8.12. The SMILES string of the molecule is CC(CS)C(=O)NN1CCCCC1. The molecule has 0 radical (unpaired) electrons. The second kappa shape index (κ2) is 5.50. The fourth-order valence-electron chi connectivity index (χ4n) is 1.35. The van der Waals surface area contributed by atoms with Gasteiger partial charge in [0, 0.05) is 24.8 Å². The van der Waals surface area contributed by atoms with E-state index in [1.165, 1.54) is 19.3 Å². The molecule has 0 bridgehead atoms. The molecule has 1 N–H and O–H groups in total. The van der Waals surface area contributed by atoms with Gasteiger partial charge in [0.15, 0.2) is 0 Å². The second-order valence-electron chi connectivity index (χ2n) is 3.61. The number of carbonyl (C=O) groups is 1. The quantitative estimate of drug-likeness (QED) is 0.671. The van der Waals surface area contributed by atoms with Crippen molar-refractivity contribution in [3.8, 4) is 0 Å². The van der Waals surface area contributed by atoms with Crippen LogP contribution >= 0.6 is 12.6 Å². The molecule has 1 atom stereocenters. The molecule has 1 amide bonds. The molecule has 0 aromatic rings. The van der Waals surface area contributed by atoms with Crippen molar-refractivity contribution in [3.05, 3.63) is 0 Å². The van der Waals surface area contributed by atoms with Crippen molar-refractivity contribution in [2.24, 2.45) is 5.92 Å². The summed E-state index contributed by atoms with van der Waals surface area (Å²) in [5, 5.41) is 2.02. The molecule has 0 saturated carbocycles. The number of rotatable bonds is 3. The van der Waals surface area contributed by atoms with Gasteiger partial charge in [-0.05, 0) is 12.8 Å². The van der Waals surface area contributed by atoms with Crippen LogP contribution in [0.2, 0.25) is 0 Å². The predicted octanol–water partition coefficient (Wildman–Crippen LogP) is 1.07. The Morgan fingerprint density at radius 2 is 2.08 bits per heavy atom. The fourth-order valence-corrected chi connectivity index (χ4v) is 1.52. The van der Waals surface area contributed by atoms with Gasteiger partial charge in [0.05, 0.1) is 0 Å². The Labute approximate surface area is 85.2 Å². The van der Waals surface area contributed by atoms with Gasteiger partial charge in [-0.2, -0.15) is 12.6 Å². The maximum absolute atomic E-state index is 11.4. The predicted molar refractivity (Wildman–Crippen MR) is 56.6 cm³/mol. The minimum Gasteiger partial charge on any atom is -0.289 e.